The molecule has 90 valence electrons. The fourth-order valence-electron chi connectivity index (χ4n) is 1.61. The van der Waals surface area contributed by atoms with E-state index in [0.717, 1.165) is 19.3 Å². The monoisotopic (exact) mass is 225 g/mol. The van der Waals surface area contributed by atoms with Gasteiger partial charge in [0.15, 0.2) is 0 Å². The minimum absolute atomic E-state index is 0.0577. The molecule has 0 aromatic heterocycles. The SMILES string of the molecule is NCCC1(COCCCC(F)(F)F)CC1. The van der Waals surface area contributed by atoms with Gasteiger partial charge in [0.1, 0.15) is 0 Å². The molecule has 0 saturated heterocycles. The number of halogens is 3. The van der Waals surface area contributed by atoms with Crippen LogP contribution in [0.2, 0.25) is 0 Å². The van der Waals surface area contributed by atoms with Crippen molar-refractivity contribution in [2.45, 2.75) is 38.3 Å². The molecule has 15 heavy (non-hydrogen) atoms. The topological polar surface area (TPSA) is 35.2 Å². The van der Waals surface area contributed by atoms with Crippen LogP contribution in [0.4, 0.5) is 13.2 Å². The molecule has 5 heteroatoms. The minimum Gasteiger partial charge on any atom is -0.381 e. The van der Waals surface area contributed by atoms with Gasteiger partial charge in [-0.05, 0) is 37.6 Å². The molecule has 0 heterocycles. The van der Waals surface area contributed by atoms with Crippen molar-refractivity contribution in [1.82, 2.24) is 0 Å². The predicted molar refractivity (Wildman–Crippen MR) is 51.4 cm³/mol. The van der Waals surface area contributed by atoms with Crippen molar-refractivity contribution in [1.29, 1.82) is 0 Å². The maximum Gasteiger partial charge on any atom is 0.389 e. The highest BCUT2D eigenvalue weighted by atomic mass is 19.4. The summed E-state index contributed by atoms with van der Waals surface area (Å²) in [7, 11) is 0. The number of hydrogen-bond acceptors (Lipinski definition) is 2. The minimum atomic E-state index is -4.06. The third-order valence-electron chi connectivity index (χ3n) is 2.79. The molecular weight excluding hydrogens is 207 g/mol. The summed E-state index contributed by atoms with van der Waals surface area (Å²) in [4.78, 5) is 0. The molecule has 0 spiro atoms. The fraction of sp³-hybridized carbons (Fsp3) is 1.00. The Morgan fingerprint density at radius 3 is 2.40 bits per heavy atom. The lowest BCUT2D eigenvalue weighted by molar-refractivity contribution is -0.138. The number of rotatable bonds is 7. The summed E-state index contributed by atoms with van der Waals surface area (Å²) in [6, 6.07) is 0. The fourth-order valence-corrected chi connectivity index (χ4v) is 1.61. The molecule has 1 saturated carbocycles. The number of nitrogens with two attached hydrogens (primary N) is 1. The van der Waals surface area contributed by atoms with E-state index < -0.39 is 12.6 Å². The third-order valence-corrected chi connectivity index (χ3v) is 2.79. The number of ether oxygens (including phenoxy) is 1. The van der Waals surface area contributed by atoms with Crippen LogP contribution in [-0.4, -0.2) is 25.9 Å². The van der Waals surface area contributed by atoms with Gasteiger partial charge >= 0.3 is 6.18 Å². The van der Waals surface area contributed by atoms with Gasteiger partial charge in [-0.2, -0.15) is 13.2 Å². The maximum absolute atomic E-state index is 11.8. The largest absolute Gasteiger partial charge is 0.389 e. The summed E-state index contributed by atoms with van der Waals surface area (Å²) >= 11 is 0. The van der Waals surface area contributed by atoms with Crippen molar-refractivity contribution < 1.29 is 17.9 Å². The Hall–Kier alpha value is -0.290. The molecule has 0 aliphatic heterocycles. The molecule has 0 aromatic rings. The average molecular weight is 225 g/mol. The maximum atomic E-state index is 11.8. The van der Waals surface area contributed by atoms with Crippen molar-refractivity contribution in [3.8, 4) is 0 Å². The van der Waals surface area contributed by atoms with Crippen LogP contribution in [0.3, 0.4) is 0 Å². The van der Waals surface area contributed by atoms with Crippen LogP contribution in [0.5, 0.6) is 0 Å². The molecule has 2 nitrogen and oxygen atoms in total. The second kappa shape index (κ2) is 5.16. The zero-order valence-electron chi connectivity index (χ0n) is 8.78. The van der Waals surface area contributed by atoms with Gasteiger partial charge in [0.2, 0.25) is 0 Å². The summed E-state index contributed by atoms with van der Waals surface area (Å²) in [5.41, 5.74) is 5.64. The first-order valence-corrected chi connectivity index (χ1v) is 5.32. The zero-order valence-corrected chi connectivity index (χ0v) is 8.78. The van der Waals surface area contributed by atoms with E-state index in [1.807, 2.05) is 0 Å². The number of alkyl halides is 3. The second-order valence-corrected chi connectivity index (χ2v) is 4.31. The summed E-state index contributed by atoms with van der Waals surface area (Å²) in [6.07, 6.45) is -1.63. The lowest BCUT2D eigenvalue weighted by Gasteiger charge is -2.14. The summed E-state index contributed by atoms with van der Waals surface area (Å²) in [6.45, 7) is 1.40. The molecule has 1 aliphatic carbocycles. The molecule has 0 radical (unpaired) electrons. The first-order chi connectivity index (χ1) is 6.97. The van der Waals surface area contributed by atoms with Crippen LogP contribution in [0.1, 0.15) is 32.1 Å². The molecule has 0 unspecified atom stereocenters. The van der Waals surface area contributed by atoms with Crippen LogP contribution in [0, 0.1) is 5.41 Å². The van der Waals surface area contributed by atoms with E-state index in [9.17, 15) is 13.2 Å². The molecule has 2 N–H and O–H groups in total. The molecule has 0 bridgehead atoms. The van der Waals surface area contributed by atoms with Crippen molar-refractivity contribution in [2.24, 2.45) is 11.1 Å². The Bertz CT molecular complexity index is 190. The van der Waals surface area contributed by atoms with Gasteiger partial charge in [0.05, 0.1) is 6.61 Å². The van der Waals surface area contributed by atoms with E-state index in [1.54, 1.807) is 0 Å². The summed E-state index contributed by atoms with van der Waals surface area (Å²) in [5, 5.41) is 0. The van der Waals surface area contributed by atoms with Crippen molar-refractivity contribution in [3.05, 3.63) is 0 Å². The van der Waals surface area contributed by atoms with Crippen molar-refractivity contribution >= 4 is 0 Å². The zero-order chi connectivity index (χ0) is 11.4. The second-order valence-electron chi connectivity index (χ2n) is 4.31. The van der Waals surface area contributed by atoms with Gasteiger partial charge < -0.3 is 10.5 Å². The molecule has 1 aliphatic rings. The van der Waals surface area contributed by atoms with Crippen LogP contribution in [0.15, 0.2) is 0 Å². The molecular formula is C10H18F3NO. The van der Waals surface area contributed by atoms with Gasteiger partial charge in [-0.15, -0.1) is 0 Å². The molecule has 0 amide bonds. The van der Waals surface area contributed by atoms with Gasteiger partial charge in [-0.3, -0.25) is 0 Å². The average Bonchev–Trinajstić information content (AvgIpc) is 2.83. The third kappa shape index (κ3) is 5.37. The highest BCUT2D eigenvalue weighted by molar-refractivity contribution is 4.92. The summed E-state index contributed by atoms with van der Waals surface area (Å²) in [5.74, 6) is 0. The Morgan fingerprint density at radius 1 is 1.27 bits per heavy atom. The van der Waals surface area contributed by atoms with E-state index in [1.165, 1.54) is 0 Å². The Labute approximate surface area is 88.0 Å². The Balaban J connectivity index is 1.98. The van der Waals surface area contributed by atoms with Crippen LogP contribution in [0.25, 0.3) is 0 Å². The van der Waals surface area contributed by atoms with Crippen molar-refractivity contribution in [2.75, 3.05) is 19.8 Å². The van der Waals surface area contributed by atoms with E-state index in [2.05, 4.69) is 0 Å². The Kier molecular flexibility index (Phi) is 4.40. The quantitative estimate of drug-likeness (QED) is 0.675. The van der Waals surface area contributed by atoms with Gasteiger partial charge in [0, 0.05) is 13.0 Å². The van der Waals surface area contributed by atoms with Crippen molar-refractivity contribution in [3.63, 3.8) is 0 Å². The number of hydrogen-bond donors (Lipinski definition) is 1. The van der Waals surface area contributed by atoms with Gasteiger partial charge in [-0.1, -0.05) is 0 Å². The highest BCUT2D eigenvalue weighted by Crippen LogP contribution is 2.48. The molecule has 1 fully saturated rings. The smallest absolute Gasteiger partial charge is 0.381 e. The standard InChI is InChI=1S/C10H18F3NO/c11-10(12,13)2-1-7-15-8-9(3-4-9)5-6-14/h1-8,14H2. The van der Waals surface area contributed by atoms with E-state index in [-0.39, 0.29) is 18.4 Å². The van der Waals surface area contributed by atoms with Crippen LogP contribution >= 0.6 is 0 Å². The first-order valence-electron chi connectivity index (χ1n) is 5.32. The van der Waals surface area contributed by atoms with E-state index >= 15 is 0 Å². The predicted octanol–water partition coefficient (Wildman–Crippen LogP) is 2.47. The Morgan fingerprint density at radius 2 is 1.93 bits per heavy atom. The highest BCUT2D eigenvalue weighted by Gasteiger charge is 2.41. The summed E-state index contributed by atoms with van der Waals surface area (Å²) < 4.78 is 40.6. The molecule has 1 rings (SSSR count). The van der Waals surface area contributed by atoms with Gasteiger partial charge in [0.25, 0.3) is 0 Å². The lowest BCUT2D eigenvalue weighted by atomic mass is 10.0. The normalized spacial score (nSPS) is 19.2. The molecule has 0 aromatic carbocycles. The van der Waals surface area contributed by atoms with Crippen LogP contribution in [-0.2, 0) is 4.74 Å². The van der Waals surface area contributed by atoms with Crippen LogP contribution < -0.4 is 5.73 Å². The molecule has 0 atom stereocenters. The van der Waals surface area contributed by atoms with E-state index in [0.29, 0.717) is 13.2 Å². The van der Waals surface area contributed by atoms with Gasteiger partial charge in [-0.25, -0.2) is 0 Å². The first kappa shape index (κ1) is 12.8. The van der Waals surface area contributed by atoms with E-state index in [4.69, 9.17) is 10.5 Å². The lowest BCUT2D eigenvalue weighted by Crippen LogP contribution is -2.16.